The first-order valence-corrected chi connectivity index (χ1v) is 8.72. The minimum absolute atomic E-state index is 0.0939. The summed E-state index contributed by atoms with van der Waals surface area (Å²) in [5.74, 6) is -2.13. The van der Waals surface area contributed by atoms with Gasteiger partial charge in [0.25, 0.3) is 5.91 Å². The maximum Gasteiger partial charge on any atom is 0.389 e. The van der Waals surface area contributed by atoms with Crippen molar-refractivity contribution in [1.82, 2.24) is 4.98 Å². The van der Waals surface area contributed by atoms with Crippen molar-refractivity contribution in [3.8, 4) is 5.75 Å². The van der Waals surface area contributed by atoms with E-state index in [4.69, 9.17) is 4.74 Å². The van der Waals surface area contributed by atoms with E-state index in [1.807, 2.05) is 0 Å². The first kappa shape index (κ1) is 20.6. The Kier molecular flexibility index (Phi) is 5.76. The lowest BCUT2D eigenvalue weighted by Crippen LogP contribution is -2.12. The minimum atomic E-state index is -4.22. The fourth-order valence-corrected chi connectivity index (χ4v) is 2.82. The second-order valence-electron chi connectivity index (χ2n) is 6.52. The Morgan fingerprint density at radius 1 is 1.14 bits per heavy atom. The number of amides is 1. The van der Waals surface area contributed by atoms with Crippen LogP contribution >= 0.6 is 0 Å². The van der Waals surface area contributed by atoms with Gasteiger partial charge in [-0.3, -0.25) is 4.79 Å². The second kappa shape index (κ2) is 8.10. The molecule has 0 aliphatic rings. The highest BCUT2D eigenvalue weighted by atomic mass is 19.4. The molecule has 3 aromatic rings. The standard InChI is InChI=1S/C20H17F5N2O2/c1-11-7-12(3-4-18(11)29-6-2-5-20(23,24)25)19(28)27-17-10-26-16-9-15(22)14(21)8-13(16)17/h3-4,7-10,26H,2,5-6H2,1H3,(H,27,28). The number of H-pyrrole nitrogens is 1. The number of nitrogens with one attached hydrogen (secondary N) is 2. The number of aromatic nitrogens is 1. The largest absolute Gasteiger partial charge is 0.493 e. The first-order valence-electron chi connectivity index (χ1n) is 8.72. The molecule has 1 amide bonds. The molecule has 3 rings (SSSR count). The van der Waals surface area contributed by atoms with Crippen molar-refractivity contribution >= 4 is 22.5 Å². The molecular weight excluding hydrogens is 395 g/mol. The monoisotopic (exact) mass is 412 g/mol. The molecule has 0 atom stereocenters. The van der Waals surface area contributed by atoms with E-state index in [0.29, 0.717) is 22.2 Å². The highest BCUT2D eigenvalue weighted by Gasteiger charge is 2.26. The highest BCUT2D eigenvalue weighted by Crippen LogP contribution is 2.27. The molecule has 4 nitrogen and oxygen atoms in total. The molecule has 0 saturated carbocycles. The van der Waals surface area contributed by atoms with Crippen molar-refractivity contribution in [2.75, 3.05) is 11.9 Å². The summed E-state index contributed by atoms with van der Waals surface area (Å²) in [6.07, 6.45) is -3.89. The molecule has 1 heterocycles. The topological polar surface area (TPSA) is 54.1 Å². The van der Waals surface area contributed by atoms with E-state index in [-0.39, 0.29) is 24.3 Å². The van der Waals surface area contributed by atoms with Crippen molar-refractivity contribution in [3.63, 3.8) is 0 Å². The van der Waals surface area contributed by atoms with Crippen molar-refractivity contribution < 1.29 is 31.5 Å². The zero-order chi connectivity index (χ0) is 21.2. The Hall–Kier alpha value is -3.10. The molecule has 0 fully saturated rings. The molecule has 1 aromatic heterocycles. The number of ether oxygens (including phenoxy) is 1. The Balaban J connectivity index is 1.67. The van der Waals surface area contributed by atoms with Gasteiger partial charge in [-0.25, -0.2) is 8.78 Å². The smallest absolute Gasteiger partial charge is 0.389 e. The predicted molar refractivity (Wildman–Crippen MR) is 98.1 cm³/mol. The van der Waals surface area contributed by atoms with Crippen LogP contribution in [0.25, 0.3) is 10.9 Å². The number of carbonyl (C=O) groups excluding carboxylic acids is 1. The average molecular weight is 412 g/mol. The van der Waals surface area contributed by atoms with Crippen LogP contribution in [-0.2, 0) is 0 Å². The molecule has 154 valence electrons. The van der Waals surface area contributed by atoms with Gasteiger partial charge in [0, 0.05) is 29.6 Å². The molecule has 2 aromatic carbocycles. The van der Waals surface area contributed by atoms with E-state index in [1.54, 1.807) is 6.92 Å². The normalized spacial score (nSPS) is 11.7. The van der Waals surface area contributed by atoms with Crippen molar-refractivity contribution in [3.05, 3.63) is 59.3 Å². The first-order chi connectivity index (χ1) is 13.6. The van der Waals surface area contributed by atoms with Crippen molar-refractivity contribution in [2.45, 2.75) is 25.9 Å². The Morgan fingerprint density at radius 3 is 2.55 bits per heavy atom. The summed E-state index contributed by atoms with van der Waals surface area (Å²) in [6, 6.07) is 6.48. The van der Waals surface area contributed by atoms with Gasteiger partial charge in [-0.15, -0.1) is 0 Å². The number of rotatable bonds is 6. The summed E-state index contributed by atoms with van der Waals surface area (Å²) in [6.45, 7) is 1.57. The van der Waals surface area contributed by atoms with Gasteiger partial charge >= 0.3 is 6.18 Å². The Morgan fingerprint density at radius 2 is 1.86 bits per heavy atom. The molecule has 0 radical (unpaired) electrons. The lowest BCUT2D eigenvalue weighted by Gasteiger charge is -2.11. The van der Waals surface area contributed by atoms with Gasteiger partial charge < -0.3 is 15.0 Å². The summed E-state index contributed by atoms with van der Waals surface area (Å²) >= 11 is 0. The van der Waals surface area contributed by atoms with E-state index in [2.05, 4.69) is 10.3 Å². The number of hydrogen-bond donors (Lipinski definition) is 2. The number of alkyl halides is 3. The van der Waals surface area contributed by atoms with Gasteiger partial charge in [0.1, 0.15) is 5.75 Å². The van der Waals surface area contributed by atoms with Crippen LogP contribution in [0.1, 0.15) is 28.8 Å². The molecular formula is C20H17F5N2O2. The average Bonchev–Trinajstić information content (AvgIpc) is 3.01. The van der Waals surface area contributed by atoms with Crippen LogP contribution in [0.15, 0.2) is 36.5 Å². The second-order valence-corrected chi connectivity index (χ2v) is 6.52. The summed E-state index contributed by atoms with van der Waals surface area (Å²) in [5.41, 5.74) is 1.48. The minimum Gasteiger partial charge on any atom is -0.493 e. The van der Waals surface area contributed by atoms with Crippen LogP contribution in [0.5, 0.6) is 5.75 Å². The lowest BCUT2D eigenvalue weighted by atomic mass is 10.1. The number of hydrogen-bond acceptors (Lipinski definition) is 2. The van der Waals surface area contributed by atoms with Crippen LogP contribution in [-0.4, -0.2) is 23.7 Å². The summed E-state index contributed by atoms with van der Waals surface area (Å²) in [4.78, 5) is 15.2. The lowest BCUT2D eigenvalue weighted by molar-refractivity contribution is -0.136. The van der Waals surface area contributed by atoms with E-state index in [9.17, 15) is 26.7 Å². The predicted octanol–water partition coefficient (Wildman–Crippen LogP) is 5.73. The maximum atomic E-state index is 13.5. The molecule has 0 aliphatic heterocycles. The van der Waals surface area contributed by atoms with Crippen LogP contribution in [0.4, 0.5) is 27.6 Å². The molecule has 2 N–H and O–H groups in total. The number of anilines is 1. The molecule has 29 heavy (non-hydrogen) atoms. The summed E-state index contributed by atoms with van der Waals surface area (Å²) in [5, 5.41) is 2.94. The highest BCUT2D eigenvalue weighted by molar-refractivity contribution is 6.09. The zero-order valence-corrected chi connectivity index (χ0v) is 15.3. The van der Waals surface area contributed by atoms with Gasteiger partial charge in [-0.1, -0.05) is 0 Å². The fraction of sp³-hybridized carbons (Fsp3) is 0.250. The third kappa shape index (κ3) is 5.04. The molecule has 0 saturated heterocycles. The van der Waals surface area contributed by atoms with Crippen LogP contribution in [0.2, 0.25) is 0 Å². The SMILES string of the molecule is Cc1cc(C(=O)Nc2c[nH]c3cc(F)c(F)cc23)ccc1OCCCC(F)(F)F. The van der Waals surface area contributed by atoms with E-state index >= 15 is 0 Å². The Bertz CT molecular complexity index is 1040. The number of fused-ring (bicyclic) bond motifs is 1. The zero-order valence-electron chi connectivity index (χ0n) is 15.3. The molecule has 0 spiro atoms. The molecule has 9 heteroatoms. The summed E-state index contributed by atoms with van der Waals surface area (Å²) in [7, 11) is 0. The molecule has 0 bridgehead atoms. The van der Waals surface area contributed by atoms with Gasteiger partial charge in [-0.05, 0) is 43.2 Å². The number of aromatic amines is 1. The van der Waals surface area contributed by atoms with Crippen molar-refractivity contribution in [1.29, 1.82) is 0 Å². The van der Waals surface area contributed by atoms with Crippen LogP contribution in [0.3, 0.4) is 0 Å². The van der Waals surface area contributed by atoms with Crippen molar-refractivity contribution in [2.24, 2.45) is 0 Å². The van der Waals surface area contributed by atoms with Crippen LogP contribution in [0, 0.1) is 18.6 Å². The quantitative estimate of drug-likeness (QED) is 0.401. The third-order valence-electron chi connectivity index (χ3n) is 4.27. The Labute approximate surface area is 162 Å². The van der Waals surface area contributed by atoms with Gasteiger partial charge in [0.05, 0.1) is 17.8 Å². The van der Waals surface area contributed by atoms with E-state index < -0.39 is 30.1 Å². The van der Waals surface area contributed by atoms with Gasteiger partial charge in [0.2, 0.25) is 0 Å². The fourth-order valence-electron chi connectivity index (χ4n) is 2.82. The van der Waals surface area contributed by atoms with E-state index in [1.165, 1.54) is 24.4 Å². The maximum absolute atomic E-state index is 13.5. The summed E-state index contributed by atoms with van der Waals surface area (Å²) < 4.78 is 68.6. The van der Waals surface area contributed by atoms with Gasteiger partial charge in [-0.2, -0.15) is 13.2 Å². The third-order valence-corrected chi connectivity index (χ3v) is 4.27. The van der Waals surface area contributed by atoms with Crippen LogP contribution < -0.4 is 10.1 Å². The number of benzene rings is 2. The molecule has 0 unspecified atom stereocenters. The van der Waals surface area contributed by atoms with E-state index in [0.717, 1.165) is 12.1 Å². The number of carbonyl (C=O) groups is 1. The van der Waals surface area contributed by atoms with Gasteiger partial charge in [0.15, 0.2) is 11.6 Å². The number of halogens is 5. The number of aryl methyl sites for hydroxylation is 1. The molecule has 0 aliphatic carbocycles.